The van der Waals surface area contributed by atoms with Crippen LogP contribution in [0.1, 0.15) is 27.2 Å². The number of ether oxygens (including phenoxy) is 1. The van der Waals surface area contributed by atoms with Gasteiger partial charge in [0.05, 0.1) is 0 Å². The minimum Gasteiger partial charge on any atom is -0.444 e. The van der Waals surface area contributed by atoms with Crippen molar-refractivity contribution < 1.29 is 19.1 Å². The number of hydrogen-bond donors (Lipinski definition) is 0. The lowest BCUT2D eigenvalue weighted by Crippen LogP contribution is -2.53. The van der Waals surface area contributed by atoms with Gasteiger partial charge in [-0.15, -0.1) is 0 Å². The molecular formula is C20H26ClN3O4. The van der Waals surface area contributed by atoms with Gasteiger partial charge < -0.3 is 19.4 Å². The number of halogens is 1. The summed E-state index contributed by atoms with van der Waals surface area (Å²) >= 11 is 5.90. The topological polar surface area (TPSA) is 70.2 Å². The molecule has 0 spiro atoms. The Hall–Kier alpha value is -2.28. The number of benzene rings is 1. The van der Waals surface area contributed by atoms with Gasteiger partial charge in [-0.3, -0.25) is 9.59 Å². The summed E-state index contributed by atoms with van der Waals surface area (Å²) in [5.41, 5.74) is 0.199. The average Bonchev–Trinajstić information content (AvgIpc) is 3.02. The van der Waals surface area contributed by atoms with Crippen LogP contribution >= 0.6 is 11.6 Å². The Morgan fingerprint density at radius 3 is 2.14 bits per heavy atom. The molecule has 2 aliphatic heterocycles. The standard InChI is InChI=1S/C20H26ClN3O4/c1-20(2,3)28-19(27)23-12-10-22(11-13-23)17(25)16-8-9-24(18(16)26)15-6-4-14(21)5-7-15/h4-7,16H,8-13H2,1-3H3. The molecule has 0 N–H and O–H groups in total. The lowest BCUT2D eigenvalue weighted by Gasteiger charge is -2.36. The van der Waals surface area contributed by atoms with Gasteiger partial charge in [-0.25, -0.2) is 4.79 Å². The van der Waals surface area contributed by atoms with Crippen molar-refractivity contribution in [3.63, 3.8) is 0 Å². The van der Waals surface area contributed by atoms with Crippen LogP contribution < -0.4 is 4.90 Å². The summed E-state index contributed by atoms with van der Waals surface area (Å²) in [6, 6.07) is 7.03. The molecule has 0 aliphatic carbocycles. The van der Waals surface area contributed by atoms with Gasteiger partial charge in [-0.05, 0) is 51.5 Å². The van der Waals surface area contributed by atoms with Crippen LogP contribution in [-0.2, 0) is 14.3 Å². The summed E-state index contributed by atoms with van der Waals surface area (Å²) in [4.78, 5) is 42.7. The van der Waals surface area contributed by atoms with Crippen LogP contribution in [0.3, 0.4) is 0 Å². The van der Waals surface area contributed by atoms with Gasteiger partial charge in [-0.1, -0.05) is 11.6 Å². The average molecular weight is 408 g/mol. The second-order valence-corrected chi connectivity index (χ2v) is 8.54. The summed E-state index contributed by atoms with van der Waals surface area (Å²) in [6.07, 6.45) is 0.123. The highest BCUT2D eigenvalue weighted by atomic mass is 35.5. The van der Waals surface area contributed by atoms with Gasteiger partial charge in [0.15, 0.2) is 0 Å². The number of carbonyl (C=O) groups is 3. The Kier molecular flexibility index (Phi) is 5.84. The zero-order valence-electron chi connectivity index (χ0n) is 16.5. The summed E-state index contributed by atoms with van der Waals surface area (Å²) in [7, 11) is 0. The SMILES string of the molecule is CC(C)(C)OC(=O)N1CCN(C(=O)C2CCN(c3ccc(Cl)cc3)C2=O)CC1. The molecule has 2 saturated heterocycles. The largest absolute Gasteiger partial charge is 0.444 e. The van der Waals surface area contributed by atoms with E-state index in [1.54, 1.807) is 39.0 Å². The molecule has 1 unspecified atom stereocenters. The van der Waals surface area contributed by atoms with Gasteiger partial charge in [0.1, 0.15) is 11.5 Å². The van der Waals surface area contributed by atoms with Crippen LogP contribution in [0.15, 0.2) is 24.3 Å². The van der Waals surface area contributed by atoms with E-state index in [0.717, 1.165) is 5.69 Å². The second-order valence-electron chi connectivity index (χ2n) is 8.10. The van der Waals surface area contributed by atoms with Gasteiger partial charge in [0.25, 0.3) is 0 Å². The molecule has 1 aromatic carbocycles. The van der Waals surface area contributed by atoms with Crippen molar-refractivity contribution in [2.75, 3.05) is 37.6 Å². The van der Waals surface area contributed by atoms with Crippen LogP contribution in [0, 0.1) is 5.92 Å². The van der Waals surface area contributed by atoms with E-state index in [1.807, 2.05) is 20.8 Å². The van der Waals surface area contributed by atoms with Crippen LogP contribution in [0.2, 0.25) is 5.02 Å². The lowest BCUT2D eigenvalue weighted by atomic mass is 10.1. The molecule has 2 fully saturated rings. The Morgan fingerprint density at radius 1 is 1.00 bits per heavy atom. The highest BCUT2D eigenvalue weighted by molar-refractivity contribution is 6.30. The normalized spacial score (nSPS) is 20.5. The Morgan fingerprint density at radius 2 is 1.57 bits per heavy atom. The number of rotatable bonds is 2. The smallest absolute Gasteiger partial charge is 0.410 e. The first kappa shape index (κ1) is 20.5. The van der Waals surface area contributed by atoms with Gasteiger partial charge in [-0.2, -0.15) is 0 Å². The molecule has 2 aliphatic rings. The molecule has 0 aromatic heterocycles. The molecule has 0 saturated carbocycles. The Balaban J connectivity index is 1.56. The van der Waals surface area contributed by atoms with Crippen LogP contribution in [-0.4, -0.2) is 66.0 Å². The summed E-state index contributed by atoms with van der Waals surface area (Å²) in [5.74, 6) is -1.00. The van der Waals surface area contributed by atoms with Crippen molar-refractivity contribution in [2.45, 2.75) is 32.8 Å². The van der Waals surface area contributed by atoms with Gasteiger partial charge in [0.2, 0.25) is 11.8 Å². The molecule has 3 rings (SSSR count). The molecule has 3 amide bonds. The first-order valence-corrected chi connectivity index (χ1v) is 9.87. The molecule has 2 heterocycles. The highest BCUT2D eigenvalue weighted by Crippen LogP contribution is 2.28. The zero-order valence-corrected chi connectivity index (χ0v) is 17.2. The predicted molar refractivity (Wildman–Crippen MR) is 106 cm³/mol. The maximum absolute atomic E-state index is 12.9. The molecule has 1 aromatic rings. The third kappa shape index (κ3) is 4.58. The summed E-state index contributed by atoms with van der Waals surface area (Å²) in [5, 5.41) is 0.603. The molecule has 0 radical (unpaired) electrons. The van der Waals surface area contributed by atoms with E-state index >= 15 is 0 Å². The summed E-state index contributed by atoms with van der Waals surface area (Å²) in [6.45, 7) is 7.60. The fourth-order valence-electron chi connectivity index (χ4n) is 3.44. The van der Waals surface area contributed by atoms with Crippen LogP contribution in [0.25, 0.3) is 0 Å². The Labute approximate surface area is 170 Å². The number of anilines is 1. The minimum atomic E-state index is -0.663. The van der Waals surface area contributed by atoms with Gasteiger partial charge >= 0.3 is 6.09 Å². The van der Waals surface area contributed by atoms with Crippen molar-refractivity contribution in [2.24, 2.45) is 5.92 Å². The minimum absolute atomic E-state index is 0.162. The van der Waals surface area contributed by atoms with E-state index in [-0.39, 0.29) is 17.9 Å². The third-order valence-electron chi connectivity index (χ3n) is 4.88. The summed E-state index contributed by atoms with van der Waals surface area (Å²) < 4.78 is 5.37. The molecular weight excluding hydrogens is 382 g/mol. The number of hydrogen-bond acceptors (Lipinski definition) is 4. The van der Waals surface area contributed by atoms with Crippen molar-refractivity contribution >= 4 is 35.2 Å². The van der Waals surface area contributed by atoms with Crippen molar-refractivity contribution in [1.82, 2.24) is 9.80 Å². The molecule has 28 heavy (non-hydrogen) atoms. The Bertz CT molecular complexity index is 752. The lowest BCUT2D eigenvalue weighted by molar-refractivity contribution is -0.141. The first-order chi connectivity index (χ1) is 13.2. The highest BCUT2D eigenvalue weighted by Gasteiger charge is 2.40. The predicted octanol–water partition coefficient (Wildman–Crippen LogP) is 2.77. The third-order valence-corrected chi connectivity index (χ3v) is 5.14. The van der Waals surface area contributed by atoms with Gasteiger partial charge in [0, 0.05) is 43.4 Å². The second kappa shape index (κ2) is 7.99. The molecule has 152 valence electrons. The number of carbonyl (C=O) groups excluding carboxylic acids is 3. The number of piperazine rings is 1. The molecule has 0 bridgehead atoms. The molecule has 8 heteroatoms. The number of amides is 3. The monoisotopic (exact) mass is 407 g/mol. The van der Waals surface area contributed by atoms with E-state index in [0.29, 0.717) is 44.2 Å². The molecule has 1 atom stereocenters. The fourth-order valence-corrected chi connectivity index (χ4v) is 3.57. The maximum Gasteiger partial charge on any atom is 0.410 e. The fraction of sp³-hybridized carbons (Fsp3) is 0.550. The quantitative estimate of drug-likeness (QED) is 0.707. The van der Waals surface area contributed by atoms with E-state index in [1.165, 1.54) is 0 Å². The van der Waals surface area contributed by atoms with Crippen LogP contribution in [0.5, 0.6) is 0 Å². The van der Waals surface area contributed by atoms with Crippen molar-refractivity contribution in [3.05, 3.63) is 29.3 Å². The maximum atomic E-state index is 12.9. The first-order valence-electron chi connectivity index (χ1n) is 9.49. The van der Waals surface area contributed by atoms with Crippen molar-refractivity contribution in [1.29, 1.82) is 0 Å². The van der Waals surface area contributed by atoms with E-state index in [4.69, 9.17) is 16.3 Å². The molecule has 7 nitrogen and oxygen atoms in total. The van der Waals surface area contributed by atoms with E-state index in [9.17, 15) is 14.4 Å². The zero-order chi connectivity index (χ0) is 20.5. The van der Waals surface area contributed by atoms with Crippen LogP contribution in [0.4, 0.5) is 10.5 Å². The van der Waals surface area contributed by atoms with Crippen molar-refractivity contribution in [3.8, 4) is 0 Å². The van der Waals surface area contributed by atoms with E-state index < -0.39 is 11.5 Å². The van der Waals surface area contributed by atoms with E-state index in [2.05, 4.69) is 0 Å². The number of nitrogens with zero attached hydrogens (tertiary/aromatic N) is 3.